The van der Waals surface area contributed by atoms with Gasteiger partial charge in [-0.2, -0.15) is 13.2 Å². The molecule has 0 saturated heterocycles. The summed E-state index contributed by atoms with van der Waals surface area (Å²) in [6, 6.07) is 4.58. The van der Waals surface area contributed by atoms with E-state index in [4.69, 9.17) is 11.6 Å². The van der Waals surface area contributed by atoms with Crippen LogP contribution in [0.5, 0.6) is 0 Å². The Balaban J connectivity index is 2.28. The van der Waals surface area contributed by atoms with E-state index < -0.39 is 28.9 Å². The van der Waals surface area contributed by atoms with Crippen LogP contribution in [-0.4, -0.2) is 19.1 Å². The lowest BCUT2D eigenvalue weighted by Gasteiger charge is -2.16. The quantitative estimate of drug-likeness (QED) is 0.455. The van der Waals surface area contributed by atoms with Gasteiger partial charge in [-0.1, -0.05) is 11.6 Å². The lowest BCUT2D eigenvalue weighted by atomic mass is 10.1. The summed E-state index contributed by atoms with van der Waals surface area (Å²) < 4.78 is 56.7. The van der Waals surface area contributed by atoms with Gasteiger partial charge < -0.3 is 4.57 Å². The van der Waals surface area contributed by atoms with Crippen molar-refractivity contribution in [2.24, 2.45) is 7.05 Å². The topological polar surface area (TPSA) is 52.7 Å². The molecule has 0 aliphatic heterocycles. The molecule has 3 heterocycles. The summed E-state index contributed by atoms with van der Waals surface area (Å²) >= 11 is 5.84. The van der Waals surface area contributed by atoms with Crippen LogP contribution in [0.25, 0.3) is 27.6 Å². The maximum Gasteiger partial charge on any atom is 0.435 e. The molecular weight excluding hydrogens is 388 g/mol. The first-order valence-electron chi connectivity index (χ1n) is 7.57. The highest BCUT2D eigenvalue weighted by atomic mass is 35.5. The van der Waals surface area contributed by atoms with Crippen molar-refractivity contribution in [3.05, 3.63) is 63.7 Å². The second kappa shape index (κ2) is 5.78. The number of imidazole rings is 1. The predicted molar refractivity (Wildman–Crippen MR) is 91.6 cm³/mol. The number of aryl methyl sites for hydroxylation is 1. The van der Waals surface area contributed by atoms with Crippen LogP contribution in [0.15, 0.2) is 41.6 Å². The molecule has 0 aliphatic rings. The summed E-state index contributed by atoms with van der Waals surface area (Å²) in [6.07, 6.45) is -2.49. The number of rotatable bonds is 1. The van der Waals surface area contributed by atoms with E-state index in [-0.39, 0.29) is 21.4 Å². The van der Waals surface area contributed by atoms with Gasteiger partial charge in [0.05, 0.1) is 28.1 Å². The Morgan fingerprint density at radius 2 is 1.93 bits per heavy atom. The average molecular weight is 397 g/mol. The fourth-order valence-electron chi connectivity index (χ4n) is 3.07. The van der Waals surface area contributed by atoms with Crippen LogP contribution in [0, 0.1) is 5.82 Å². The first-order valence-corrected chi connectivity index (χ1v) is 7.95. The Hall–Kier alpha value is -2.94. The molecule has 0 bridgehead atoms. The van der Waals surface area contributed by atoms with Gasteiger partial charge in [0.2, 0.25) is 0 Å². The number of hydrogen-bond acceptors (Lipinski definition) is 3. The fraction of sp³-hybridized carbons (Fsp3) is 0.118. The fourth-order valence-corrected chi connectivity index (χ4v) is 3.22. The Morgan fingerprint density at radius 3 is 2.63 bits per heavy atom. The van der Waals surface area contributed by atoms with Gasteiger partial charge in [-0.15, -0.1) is 0 Å². The molecule has 138 valence electrons. The van der Waals surface area contributed by atoms with Crippen molar-refractivity contribution in [2.45, 2.75) is 6.18 Å². The van der Waals surface area contributed by atoms with Crippen molar-refractivity contribution < 1.29 is 17.6 Å². The number of aromatic nitrogens is 4. The van der Waals surface area contributed by atoms with Crippen molar-refractivity contribution in [3.63, 3.8) is 0 Å². The highest BCUT2D eigenvalue weighted by Gasteiger charge is 2.36. The largest absolute Gasteiger partial charge is 0.435 e. The molecule has 0 amide bonds. The van der Waals surface area contributed by atoms with Crippen molar-refractivity contribution in [1.29, 1.82) is 0 Å². The lowest BCUT2D eigenvalue weighted by molar-refractivity contribution is -0.141. The van der Waals surface area contributed by atoms with E-state index in [1.54, 1.807) is 7.05 Å². The summed E-state index contributed by atoms with van der Waals surface area (Å²) in [5, 5.41) is -0.127. The van der Waals surface area contributed by atoms with Crippen LogP contribution in [0.2, 0.25) is 5.02 Å². The molecule has 1 aromatic carbocycles. The second-order valence-electron chi connectivity index (χ2n) is 5.85. The summed E-state index contributed by atoms with van der Waals surface area (Å²) in [6.45, 7) is 0. The third-order valence-corrected chi connectivity index (χ3v) is 4.46. The first kappa shape index (κ1) is 17.5. The van der Waals surface area contributed by atoms with Crippen LogP contribution in [0.3, 0.4) is 0 Å². The van der Waals surface area contributed by atoms with Crippen molar-refractivity contribution in [1.82, 2.24) is 19.1 Å². The van der Waals surface area contributed by atoms with Crippen LogP contribution in [0.1, 0.15) is 5.69 Å². The molecule has 0 N–H and O–H groups in total. The third kappa shape index (κ3) is 2.57. The molecule has 0 saturated carbocycles. The Labute approximate surface area is 153 Å². The molecule has 3 aromatic heterocycles. The second-order valence-corrected chi connectivity index (χ2v) is 6.25. The first-order chi connectivity index (χ1) is 12.7. The number of pyridine rings is 2. The van der Waals surface area contributed by atoms with Gasteiger partial charge in [0.1, 0.15) is 5.82 Å². The maximum absolute atomic E-state index is 14.1. The van der Waals surface area contributed by atoms with Gasteiger partial charge >= 0.3 is 6.18 Å². The molecule has 4 aromatic rings. The molecule has 0 radical (unpaired) electrons. The molecule has 27 heavy (non-hydrogen) atoms. The van der Waals surface area contributed by atoms with E-state index in [9.17, 15) is 22.4 Å². The molecule has 0 spiro atoms. The van der Waals surface area contributed by atoms with Crippen LogP contribution in [0.4, 0.5) is 17.6 Å². The minimum absolute atomic E-state index is 0.0148. The highest BCUT2D eigenvalue weighted by molar-refractivity contribution is 6.31. The van der Waals surface area contributed by atoms with E-state index in [1.165, 1.54) is 17.0 Å². The zero-order valence-electron chi connectivity index (χ0n) is 13.6. The van der Waals surface area contributed by atoms with Crippen LogP contribution in [-0.2, 0) is 13.2 Å². The molecule has 0 fully saturated rings. The summed E-state index contributed by atoms with van der Waals surface area (Å²) in [4.78, 5) is 20.3. The van der Waals surface area contributed by atoms with E-state index in [0.29, 0.717) is 5.52 Å². The molecular formula is C17H9ClF4N4O. The van der Waals surface area contributed by atoms with E-state index in [0.717, 1.165) is 29.0 Å². The zero-order chi connectivity index (χ0) is 19.5. The van der Waals surface area contributed by atoms with Crippen LogP contribution < -0.4 is 5.56 Å². The summed E-state index contributed by atoms with van der Waals surface area (Å²) in [5.41, 5.74) is -2.32. The molecule has 4 rings (SSSR count). The third-order valence-electron chi connectivity index (χ3n) is 4.17. The Morgan fingerprint density at radius 1 is 1.19 bits per heavy atom. The van der Waals surface area contributed by atoms with Gasteiger partial charge in [-0.05, 0) is 24.3 Å². The summed E-state index contributed by atoms with van der Waals surface area (Å²) in [5.74, 6) is -0.765. The lowest BCUT2D eigenvalue weighted by Crippen LogP contribution is -2.23. The van der Waals surface area contributed by atoms with Crippen molar-refractivity contribution >= 4 is 33.5 Å². The number of hydrogen-bond donors (Lipinski definition) is 0. The van der Waals surface area contributed by atoms with Gasteiger partial charge in [-0.3, -0.25) is 9.36 Å². The van der Waals surface area contributed by atoms with E-state index in [1.807, 2.05) is 0 Å². The number of alkyl halides is 3. The molecule has 0 aliphatic carbocycles. The number of nitrogens with zero attached hydrogens (tertiary/aromatic N) is 4. The Bertz CT molecular complexity index is 1280. The zero-order valence-corrected chi connectivity index (χ0v) is 14.3. The number of benzene rings is 1. The minimum Gasteiger partial charge on any atom is -0.333 e. The van der Waals surface area contributed by atoms with E-state index in [2.05, 4.69) is 9.97 Å². The standard InChI is InChI=1S/C17H9ClF4N4O/c1-25-7-24-13-14(25)8-5-10(19)9(18)6-12(8)26(16(13)27)11-3-2-4-23-15(11)17(20,21)22/h2-7H,1H3. The van der Waals surface area contributed by atoms with Gasteiger partial charge in [0.15, 0.2) is 11.2 Å². The molecule has 0 atom stereocenters. The van der Waals surface area contributed by atoms with Crippen LogP contribution >= 0.6 is 11.6 Å². The highest BCUT2D eigenvalue weighted by Crippen LogP contribution is 2.34. The predicted octanol–water partition coefficient (Wildman–Crippen LogP) is 4.08. The van der Waals surface area contributed by atoms with Gasteiger partial charge in [0, 0.05) is 18.6 Å². The molecule has 0 unspecified atom stereocenters. The maximum atomic E-state index is 14.1. The van der Waals surface area contributed by atoms with E-state index >= 15 is 0 Å². The Kier molecular flexibility index (Phi) is 3.74. The normalized spacial score (nSPS) is 12.2. The monoisotopic (exact) mass is 396 g/mol. The number of fused-ring (bicyclic) bond motifs is 3. The van der Waals surface area contributed by atoms with Gasteiger partial charge in [0.25, 0.3) is 5.56 Å². The summed E-state index contributed by atoms with van der Waals surface area (Å²) in [7, 11) is 1.59. The SMILES string of the molecule is Cn1cnc2c(=O)n(-c3cccnc3C(F)(F)F)c3cc(Cl)c(F)cc3c21. The van der Waals surface area contributed by atoms with Crippen molar-refractivity contribution in [2.75, 3.05) is 0 Å². The molecule has 10 heteroatoms. The van der Waals surface area contributed by atoms with Gasteiger partial charge in [-0.25, -0.2) is 14.4 Å². The number of halogens is 5. The minimum atomic E-state index is -4.80. The smallest absolute Gasteiger partial charge is 0.333 e. The average Bonchev–Trinajstić information content (AvgIpc) is 2.99. The van der Waals surface area contributed by atoms with Crippen molar-refractivity contribution in [3.8, 4) is 5.69 Å². The molecule has 5 nitrogen and oxygen atoms in total.